The summed E-state index contributed by atoms with van der Waals surface area (Å²) in [5.41, 5.74) is 2.99. The highest BCUT2D eigenvalue weighted by Crippen LogP contribution is 2.22. The predicted molar refractivity (Wildman–Crippen MR) is 73.1 cm³/mol. The van der Waals surface area contributed by atoms with Gasteiger partial charge in [0.25, 0.3) is 0 Å². The molecule has 2 aromatic heterocycles. The van der Waals surface area contributed by atoms with Crippen LogP contribution in [0.1, 0.15) is 22.0 Å². The smallest absolute Gasteiger partial charge is 0.243 e. The van der Waals surface area contributed by atoms with E-state index in [4.69, 9.17) is 0 Å². The summed E-state index contributed by atoms with van der Waals surface area (Å²) in [6.07, 6.45) is 2.27. The number of amides is 1. The molecule has 0 aliphatic carbocycles. The molecule has 3 rings (SSSR count). The molecule has 6 nitrogen and oxygen atoms in total. The third kappa shape index (κ3) is 2.39. The van der Waals surface area contributed by atoms with Crippen LogP contribution in [0.25, 0.3) is 0 Å². The van der Waals surface area contributed by atoms with Crippen LogP contribution < -0.4 is 10.6 Å². The fourth-order valence-electron chi connectivity index (χ4n) is 2.07. The van der Waals surface area contributed by atoms with Crippen molar-refractivity contribution in [1.82, 2.24) is 20.3 Å². The molecule has 1 atom stereocenters. The maximum Gasteiger partial charge on any atom is 0.243 e. The van der Waals surface area contributed by atoms with Gasteiger partial charge in [0.1, 0.15) is 0 Å². The number of anilines is 1. The van der Waals surface area contributed by atoms with E-state index in [0.717, 1.165) is 22.0 Å². The van der Waals surface area contributed by atoms with E-state index < -0.39 is 0 Å². The Morgan fingerprint density at radius 2 is 2.37 bits per heavy atom. The summed E-state index contributed by atoms with van der Waals surface area (Å²) in [4.78, 5) is 24.9. The van der Waals surface area contributed by atoms with Gasteiger partial charge in [-0.25, -0.2) is 9.97 Å². The average molecular weight is 277 g/mol. The van der Waals surface area contributed by atoms with Crippen molar-refractivity contribution < 1.29 is 4.79 Å². The summed E-state index contributed by atoms with van der Waals surface area (Å²) in [6.45, 7) is 4.58. The molecule has 1 amide bonds. The second-order valence-electron chi connectivity index (χ2n) is 4.62. The molecule has 3 N–H and O–H groups in total. The minimum Gasteiger partial charge on any atom is -0.347 e. The highest BCUT2D eigenvalue weighted by atomic mass is 32.1. The van der Waals surface area contributed by atoms with Crippen LogP contribution in [0.2, 0.25) is 0 Å². The number of aromatic amines is 1. The Balaban J connectivity index is 1.68. The van der Waals surface area contributed by atoms with Crippen LogP contribution in [0.4, 0.5) is 5.13 Å². The summed E-state index contributed by atoms with van der Waals surface area (Å²) in [7, 11) is 0. The Labute approximate surface area is 114 Å². The lowest BCUT2D eigenvalue weighted by atomic mass is 10.1. The summed E-state index contributed by atoms with van der Waals surface area (Å²) in [5, 5.41) is 6.72. The molecule has 0 saturated carbocycles. The third-order valence-corrected chi connectivity index (χ3v) is 4.29. The normalized spacial score (nSPS) is 18.1. The van der Waals surface area contributed by atoms with Gasteiger partial charge in [0.2, 0.25) is 5.91 Å². The van der Waals surface area contributed by atoms with Gasteiger partial charge in [0.05, 0.1) is 29.5 Å². The van der Waals surface area contributed by atoms with Gasteiger partial charge in [-0.1, -0.05) is 0 Å². The van der Waals surface area contributed by atoms with Gasteiger partial charge in [0.15, 0.2) is 5.13 Å². The van der Waals surface area contributed by atoms with Crippen LogP contribution in [0.3, 0.4) is 0 Å². The number of nitrogens with one attached hydrogen (secondary N) is 3. The Kier molecular flexibility index (Phi) is 3.08. The molecule has 3 heterocycles. The Morgan fingerprint density at radius 3 is 3.11 bits per heavy atom. The van der Waals surface area contributed by atoms with E-state index in [9.17, 15) is 4.79 Å². The summed E-state index contributed by atoms with van der Waals surface area (Å²) in [6, 6.07) is -0.250. The number of aromatic nitrogens is 3. The number of aryl methyl sites for hydroxylation is 2. The lowest BCUT2D eigenvalue weighted by Crippen LogP contribution is -2.44. The molecule has 19 heavy (non-hydrogen) atoms. The van der Waals surface area contributed by atoms with Gasteiger partial charge in [-0.2, -0.15) is 0 Å². The molecular weight excluding hydrogens is 262 g/mol. The van der Waals surface area contributed by atoms with Crippen molar-refractivity contribution >= 4 is 22.4 Å². The van der Waals surface area contributed by atoms with Crippen LogP contribution in [-0.2, 0) is 17.8 Å². The number of nitrogens with zero attached hydrogens (tertiary/aromatic N) is 2. The third-order valence-electron chi connectivity index (χ3n) is 3.31. The first kappa shape index (κ1) is 12.3. The van der Waals surface area contributed by atoms with E-state index in [0.29, 0.717) is 18.1 Å². The van der Waals surface area contributed by atoms with E-state index in [1.807, 2.05) is 13.8 Å². The highest BCUT2D eigenvalue weighted by Gasteiger charge is 2.26. The molecule has 7 heteroatoms. The molecule has 100 valence electrons. The zero-order chi connectivity index (χ0) is 13.4. The topological polar surface area (TPSA) is 82.7 Å². The second kappa shape index (κ2) is 4.75. The van der Waals surface area contributed by atoms with E-state index in [2.05, 4.69) is 25.6 Å². The van der Waals surface area contributed by atoms with Crippen molar-refractivity contribution in [3.05, 3.63) is 28.3 Å². The van der Waals surface area contributed by atoms with Crippen LogP contribution in [0, 0.1) is 13.8 Å². The van der Waals surface area contributed by atoms with E-state index in [1.54, 1.807) is 6.33 Å². The SMILES string of the molecule is Cc1nc(NC(=O)C2Cc3nc[nH]c3CN2)sc1C. The lowest BCUT2D eigenvalue weighted by Gasteiger charge is -2.21. The fourth-order valence-corrected chi connectivity index (χ4v) is 2.89. The van der Waals surface area contributed by atoms with E-state index >= 15 is 0 Å². The first-order valence-electron chi connectivity index (χ1n) is 6.13. The minimum atomic E-state index is -0.250. The van der Waals surface area contributed by atoms with Gasteiger partial charge in [-0.15, -0.1) is 11.3 Å². The lowest BCUT2D eigenvalue weighted by molar-refractivity contribution is -0.118. The van der Waals surface area contributed by atoms with E-state index in [-0.39, 0.29) is 11.9 Å². The van der Waals surface area contributed by atoms with Gasteiger partial charge in [-0.3, -0.25) is 10.1 Å². The molecule has 0 radical (unpaired) electrons. The minimum absolute atomic E-state index is 0.0533. The van der Waals surface area contributed by atoms with Gasteiger partial charge < -0.3 is 10.3 Å². The molecule has 0 fully saturated rings. The number of carbonyl (C=O) groups is 1. The number of H-pyrrole nitrogens is 1. The first-order valence-corrected chi connectivity index (χ1v) is 6.94. The highest BCUT2D eigenvalue weighted by molar-refractivity contribution is 7.15. The van der Waals surface area contributed by atoms with E-state index in [1.165, 1.54) is 11.3 Å². The number of hydrogen-bond acceptors (Lipinski definition) is 5. The number of hydrogen-bond donors (Lipinski definition) is 3. The standard InChI is InChI=1S/C12H15N5OS/c1-6-7(2)19-12(16-6)17-11(18)9-3-8-10(4-13-9)15-5-14-8/h5,9,13H,3-4H2,1-2H3,(H,14,15)(H,16,17,18). The van der Waals surface area contributed by atoms with Gasteiger partial charge in [-0.05, 0) is 13.8 Å². The van der Waals surface area contributed by atoms with Crippen molar-refractivity contribution in [2.75, 3.05) is 5.32 Å². The summed E-state index contributed by atoms with van der Waals surface area (Å²) in [5.74, 6) is -0.0533. The molecule has 0 saturated heterocycles. The maximum absolute atomic E-state index is 12.2. The van der Waals surface area contributed by atoms with Crippen LogP contribution >= 0.6 is 11.3 Å². The number of imidazole rings is 1. The monoisotopic (exact) mass is 277 g/mol. The number of rotatable bonds is 2. The largest absolute Gasteiger partial charge is 0.347 e. The predicted octanol–water partition coefficient (Wildman–Crippen LogP) is 1.14. The second-order valence-corrected chi connectivity index (χ2v) is 5.82. The summed E-state index contributed by atoms with van der Waals surface area (Å²) < 4.78 is 0. The number of thiazole rings is 1. The zero-order valence-corrected chi connectivity index (χ0v) is 11.6. The van der Waals surface area contributed by atoms with Gasteiger partial charge >= 0.3 is 0 Å². The van der Waals surface area contributed by atoms with Crippen molar-refractivity contribution in [1.29, 1.82) is 0 Å². The Morgan fingerprint density at radius 1 is 1.53 bits per heavy atom. The number of fused-ring (bicyclic) bond motifs is 1. The van der Waals surface area contributed by atoms with Crippen molar-refractivity contribution in [2.45, 2.75) is 32.9 Å². The maximum atomic E-state index is 12.2. The fraction of sp³-hybridized carbons (Fsp3) is 0.417. The van der Waals surface area contributed by atoms with Crippen molar-refractivity contribution in [3.63, 3.8) is 0 Å². The van der Waals surface area contributed by atoms with Crippen LogP contribution in [0.15, 0.2) is 6.33 Å². The quantitative estimate of drug-likeness (QED) is 0.768. The van der Waals surface area contributed by atoms with Crippen LogP contribution in [0.5, 0.6) is 0 Å². The molecule has 1 unspecified atom stereocenters. The molecule has 0 bridgehead atoms. The first-order chi connectivity index (χ1) is 9.13. The summed E-state index contributed by atoms with van der Waals surface area (Å²) >= 11 is 1.50. The van der Waals surface area contributed by atoms with Gasteiger partial charge in [0, 0.05) is 17.8 Å². The average Bonchev–Trinajstić information content (AvgIpc) is 2.96. The van der Waals surface area contributed by atoms with Crippen LogP contribution in [-0.4, -0.2) is 26.9 Å². The molecular formula is C12H15N5OS. The molecule has 1 aliphatic rings. The number of carbonyl (C=O) groups excluding carboxylic acids is 1. The Bertz CT molecular complexity index is 598. The molecule has 2 aromatic rings. The Hall–Kier alpha value is -1.73. The van der Waals surface area contributed by atoms with Crippen molar-refractivity contribution in [3.8, 4) is 0 Å². The molecule has 0 aromatic carbocycles. The zero-order valence-electron chi connectivity index (χ0n) is 10.8. The molecule has 1 aliphatic heterocycles. The van der Waals surface area contributed by atoms with Crippen molar-refractivity contribution in [2.24, 2.45) is 0 Å². The molecule has 0 spiro atoms.